The second kappa shape index (κ2) is 8.84. The van der Waals surface area contributed by atoms with Crippen LogP contribution in [0.1, 0.15) is 20.8 Å². The number of primary amides is 1. The van der Waals surface area contributed by atoms with Gasteiger partial charge in [0.05, 0.1) is 17.1 Å². The van der Waals surface area contributed by atoms with Crippen molar-refractivity contribution in [2.75, 3.05) is 25.0 Å². The van der Waals surface area contributed by atoms with Crippen LogP contribution in [-0.2, 0) is 14.8 Å². The molecule has 4 N–H and O–H groups in total. The number of rotatable bonds is 6. The van der Waals surface area contributed by atoms with Crippen molar-refractivity contribution in [3.63, 3.8) is 0 Å². The van der Waals surface area contributed by atoms with Crippen molar-refractivity contribution >= 4 is 33.4 Å². The van der Waals surface area contributed by atoms with Crippen molar-refractivity contribution in [1.82, 2.24) is 19.4 Å². The maximum atomic E-state index is 12.9. The van der Waals surface area contributed by atoms with Crippen LogP contribution in [-0.4, -0.2) is 59.9 Å². The van der Waals surface area contributed by atoms with Crippen molar-refractivity contribution in [3.8, 4) is 5.69 Å². The van der Waals surface area contributed by atoms with Crippen LogP contribution in [0.25, 0.3) is 5.69 Å². The fraction of sp³-hybridized carbons (Fsp3) is 0.143. The molecule has 12 heteroatoms. The lowest BCUT2D eigenvalue weighted by atomic mass is 10.2. The average molecular weight is 468 g/mol. The maximum absolute atomic E-state index is 12.9. The van der Waals surface area contributed by atoms with E-state index >= 15 is 0 Å². The zero-order chi connectivity index (χ0) is 23.6. The van der Waals surface area contributed by atoms with Gasteiger partial charge in [0.2, 0.25) is 15.9 Å². The molecular weight excluding hydrogens is 448 g/mol. The Bertz CT molecular complexity index is 1330. The van der Waals surface area contributed by atoms with Gasteiger partial charge in [-0.05, 0) is 48.5 Å². The molecule has 1 aliphatic rings. The van der Waals surface area contributed by atoms with E-state index in [1.165, 1.54) is 35.0 Å². The Labute approximate surface area is 189 Å². The monoisotopic (exact) mass is 468 g/mol. The van der Waals surface area contributed by atoms with E-state index in [9.17, 15) is 22.8 Å². The first kappa shape index (κ1) is 22.2. The number of sulfonamides is 1. The minimum Gasteiger partial charge on any atom is -0.364 e. The van der Waals surface area contributed by atoms with Gasteiger partial charge in [-0.1, -0.05) is 6.07 Å². The first-order chi connectivity index (χ1) is 15.7. The highest BCUT2D eigenvalue weighted by Gasteiger charge is 2.29. The van der Waals surface area contributed by atoms with Gasteiger partial charge in [-0.3, -0.25) is 14.4 Å². The Morgan fingerprint density at radius 1 is 1.09 bits per heavy atom. The molecule has 0 atom stereocenters. The van der Waals surface area contributed by atoms with Gasteiger partial charge in [-0.2, -0.15) is 9.40 Å². The molecule has 33 heavy (non-hydrogen) atoms. The molecule has 2 heterocycles. The SMILES string of the molecule is NC(=O)c1ccn(-c2ccc(NC(=O)c3cccc(S(=O)(=O)N4CCNC(=O)C4)c3)cc2)n1. The van der Waals surface area contributed by atoms with E-state index in [1.54, 1.807) is 30.5 Å². The molecule has 0 saturated carbocycles. The Kier molecular flexibility index (Phi) is 5.94. The third kappa shape index (κ3) is 4.76. The largest absolute Gasteiger partial charge is 0.364 e. The van der Waals surface area contributed by atoms with E-state index in [4.69, 9.17) is 5.73 Å². The smallest absolute Gasteiger partial charge is 0.269 e. The topological polar surface area (TPSA) is 156 Å². The first-order valence-electron chi connectivity index (χ1n) is 9.88. The molecule has 1 aromatic heterocycles. The molecule has 2 aromatic carbocycles. The number of nitrogens with one attached hydrogen (secondary N) is 2. The Morgan fingerprint density at radius 3 is 2.52 bits per heavy atom. The molecule has 170 valence electrons. The van der Waals surface area contributed by atoms with Gasteiger partial charge < -0.3 is 16.4 Å². The number of carbonyl (C=O) groups is 3. The number of nitrogens with two attached hydrogens (primary N) is 1. The summed E-state index contributed by atoms with van der Waals surface area (Å²) in [6.07, 6.45) is 1.59. The predicted octanol–water partition coefficient (Wildman–Crippen LogP) is 0.344. The van der Waals surface area contributed by atoms with Crippen LogP contribution in [0.3, 0.4) is 0 Å². The summed E-state index contributed by atoms with van der Waals surface area (Å²) in [5, 5.41) is 9.35. The molecule has 1 saturated heterocycles. The number of hydrogen-bond acceptors (Lipinski definition) is 6. The molecule has 0 unspecified atom stereocenters. The molecule has 0 aliphatic carbocycles. The van der Waals surface area contributed by atoms with E-state index in [0.29, 0.717) is 11.4 Å². The van der Waals surface area contributed by atoms with E-state index in [2.05, 4.69) is 15.7 Å². The molecule has 1 fully saturated rings. The van der Waals surface area contributed by atoms with Gasteiger partial charge in [0.15, 0.2) is 0 Å². The Morgan fingerprint density at radius 2 is 1.85 bits per heavy atom. The van der Waals surface area contributed by atoms with E-state index in [0.717, 1.165) is 4.31 Å². The number of nitrogens with zero attached hydrogens (tertiary/aromatic N) is 3. The summed E-state index contributed by atoms with van der Waals surface area (Å²) in [6, 6.07) is 13.8. The maximum Gasteiger partial charge on any atom is 0.269 e. The Balaban J connectivity index is 1.48. The number of benzene rings is 2. The summed E-state index contributed by atoms with van der Waals surface area (Å²) < 4.78 is 28.3. The van der Waals surface area contributed by atoms with Crippen molar-refractivity contribution in [2.24, 2.45) is 5.73 Å². The zero-order valence-electron chi connectivity index (χ0n) is 17.3. The number of carbonyl (C=O) groups excluding carboxylic acids is 3. The van der Waals surface area contributed by atoms with Gasteiger partial charge >= 0.3 is 0 Å². The number of piperazine rings is 1. The second-order valence-electron chi connectivity index (χ2n) is 7.23. The summed E-state index contributed by atoms with van der Waals surface area (Å²) >= 11 is 0. The van der Waals surface area contributed by atoms with Crippen LogP contribution in [0.5, 0.6) is 0 Å². The van der Waals surface area contributed by atoms with Crippen LogP contribution in [0.4, 0.5) is 5.69 Å². The second-order valence-corrected chi connectivity index (χ2v) is 9.17. The van der Waals surface area contributed by atoms with Crippen LogP contribution in [0.2, 0.25) is 0 Å². The highest BCUT2D eigenvalue weighted by molar-refractivity contribution is 7.89. The zero-order valence-corrected chi connectivity index (χ0v) is 18.1. The van der Waals surface area contributed by atoms with Crippen LogP contribution in [0, 0.1) is 0 Å². The highest BCUT2D eigenvalue weighted by Crippen LogP contribution is 2.19. The quantitative estimate of drug-likeness (QED) is 0.474. The van der Waals surface area contributed by atoms with Crippen LogP contribution >= 0.6 is 0 Å². The van der Waals surface area contributed by atoms with Gasteiger partial charge in [0.1, 0.15) is 5.69 Å². The summed E-state index contributed by atoms with van der Waals surface area (Å²) in [6.45, 7) is 0.132. The molecule has 11 nitrogen and oxygen atoms in total. The number of hydrogen-bond donors (Lipinski definition) is 3. The molecule has 3 amide bonds. The molecular formula is C21H20N6O5S. The molecule has 3 aromatic rings. The highest BCUT2D eigenvalue weighted by atomic mass is 32.2. The van der Waals surface area contributed by atoms with Gasteiger partial charge in [-0.25, -0.2) is 13.1 Å². The van der Waals surface area contributed by atoms with Crippen LogP contribution in [0.15, 0.2) is 65.7 Å². The molecule has 0 bridgehead atoms. The van der Waals surface area contributed by atoms with Gasteiger partial charge in [-0.15, -0.1) is 0 Å². The van der Waals surface area contributed by atoms with Crippen LogP contribution < -0.4 is 16.4 Å². The number of anilines is 1. The summed E-state index contributed by atoms with van der Waals surface area (Å²) in [5.41, 5.74) is 6.62. The lowest BCUT2D eigenvalue weighted by Crippen LogP contribution is -2.49. The predicted molar refractivity (Wildman–Crippen MR) is 118 cm³/mol. The molecule has 1 aliphatic heterocycles. The lowest BCUT2D eigenvalue weighted by Gasteiger charge is -2.26. The minimum atomic E-state index is -3.91. The van der Waals surface area contributed by atoms with E-state index < -0.39 is 21.8 Å². The minimum absolute atomic E-state index is 0.0656. The number of amides is 3. The summed E-state index contributed by atoms with van der Waals surface area (Å²) in [5.74, 6) is -1.50. The van der Waals surface area contributed by atoms with Crippen molar-refractivity contribution in [2.45, 2.75) is 4.90 Å². The first-order valence-corrected chi connectivity index (χ1v) is 11.3. The standard InChI is InChI=1S/C21H20N6O5S/c22-20(29)18-8-10-27(25-18)16-6-4-15(5-7-16)24-21(30)14-2-1-3-17(12-14)33(31,32)26-11-9-23-19(28)13-26/h1-8,10,12H,9,11,13H2,(H2,22,29)(H,23,28)(H,24,30). The third-order valence-corrected chi connectivity index (χ3v) is 6.81. The lowest BCUT2D eigenvalue weighted by molar-refractivity contribution is -0.122. The third-order valence-electron chi connectivity index (χ3n) is 4.97. The summed E-state index contributed by atoms with van der Waals surface area (Å²) in [4.78, 5) is 35.4. The number of aromatic nitrogens is 2. The fourth-order valence-corrected chi connectivity index (χ4v) is 4.71. The van der Waals surface area contributed by atoms with Gasteiger partial charge in [0.25, 0.3) is 11.8 Å². The van der Waals surface area contributed by atoms with E-state index in [1.807, 2.05) is 0 Å². The summed E-state index contributed by atoms with van der Waals surface area (Å²) in [7, 11) is -3.91. The molecule has 4 rings (SSSR count). The van der Waals surface area contributed by atoms with Crippen molar-refractivity contribution < 1.29 is 22.8 Å². The molecule has 0 spiro atoms. The Hall–Kier alpha value is -4.03. The molecule has 0 radical (unpaired) electrons. The van der Waals surface area contributed by atoms with Crippen molar-refractivity contribution in [3.05, 3.63) is 72.1 Å². The normalized spacial score (nSPS) is 14.5. The fourth-order valence-electron chi connectivity index (χ4n) is 3.27. The van der Waals surface area contributed by atoms with Gasteiger partial charge in [0, 0.05) is 30.5 Å². The van der Waals surface area contributed by atoms with E-state index in [-0.39, 0.29) is 41.7 Å². The van der Waals surface area contributed by atoms with Crippen molar-refractivity contribution in [1.29, 1.82) is 0 Å². The average Bonchev–Trinajstić information content (AvgIpc) is 3.30.